The van der Waals surface area contributed by atoms with Crippen LogP contribution in [0.25, 0.3) is 11.0 Å². The molecule has 0 saturated carbocycles. The summed E-state index contributed by atoms with van der Waals surface area (Å²) in [6.45, 7) is 3.09. The van der Waals surface area contributed by atoms with Gasteiger partial charge in [-0.1, -0.05) is 12.1 Å². The van der Waals surface area contributed by atoms with Crippen molar-refractivity contribution in [3.8, 4) is 0 Å². The van der Waals surface area contributed by atoms with Gasteiger partial charge in [-0.2, -0.15) is 0 Å². The van der Waals surface area contributed by atoms with E-state index in [4.69, 9.17) is 4.74 Å². The van der Waals surface area contributed by atoms with Gasteiger partial charge in [0.2, 0.25) is 0 Å². The molecule has 0 bridgehead atoms. The van der Waals surface area contributed by atoms with Gasteiger partial charge in [0.05, 0.1) is 17.7 Å². The minimum Gasteiger partial charge on any atom is -0.447 e. The molecule has 6 nitrogen and oxygen atoms in total. The summed E-state index contributed by atoms with van der Waals surface area (Å²) in [5, 5.41) is 3.50. The number of cyclic esters (lactones) is 1. The third-order valence-electron chi connectivity index (χ3n) is 4.36. The normalized spacial score (nSPS) is 15.2. The number of carbonyl (C=O) groups excluding carboxylic acids is 1. The first-order valence-electron chi connectivity index (χ1n) is 8.33. The number of hydrogen-bond acceptors (Lipinski definition) is 5. The Morgan fingerprint density at radius 2 is 2.15 bits per heavy atom. The number of nitrogens with one attached hydrogen (secondary N) is 1. The second kappa shape index (κ2) is 6.92. The Morgan fingerprint density at radius 1 is 1.27 bits per heavy atom. The smallest absolute Gasteiger partial charge is 0.414 e. The molecule has 1 fully saturated rings. The highest BCUT2D eigenvalue weighted by Gasteiger charge is 2.24. The number of aromatic nitrogens is 2. The first-order chi connectivity index (χ1) is 12.6. The molecule has 26 heavy (non-hydrogen) atoms. The zero-order chi connectivity index (χ0) is 18.1. The zero-order valence-corrected chi connectivity index (χ0v) is 15.7. The molecule has 1 aromatic carbocycles. The number of pyridine rings is 2. The fraction of sp³-hybridized carbons (Fsp3) is 0.211. The lowest BCUT2D eigenvalue weighted by Crippen LogP contribution is -2.23. The Kier molecular flexibility index (Phi) is 4.46. The van der Waals surface area contributed by atoms with E-state index in [0.29, 0.717) is 13.2 Å². The fourth-order valence-electron chi connectivity index (χ4n) is 3.03. The van der Waals surface area contributed by atoms with Gasteiger partial charge in [0, 0.05) is 28.6 Å². The second-order valence-corrected chi connectivity index (χ2v) is 7.02. The summed E-state index contributed by atoms with van der Waals surface area (Å²) in [7, 11) is 0. The molecule has 0 radical (unpaired) electrons. The highest BCUT2D eigenvalue weighted by Crippen LogP contribution is 2.28. The summed E-state index contributed by atoms with van der Waals surface area (Å²) in [6.07, 6.45) is 3.24. The van der Waals surface area contributed by atoms with Crippen LogP contribution in [0.4, 0.5) is 16.2 Å². The topological polar surface area (TPSA) is 67.3 Å². The molecule has 0 aliphatic carbocycles. The standard InChI is InChI=1S/C19H17BrN4O2/c1-12(13-3-2-4-15(9-13)24-7-8-26-19(24)25)23-16-5-6-21-17-10-14(20)11-22-18(16)17/h2-6,9-12H,7-8H2,1H3,(H,21,23). The summed E-state index contributed by atoms with van der Waals surface area (Å²) in [5.74, 6) is 0. The number of halogens is 1. The van der Waals surface area contributed by atoms with Crippen LogP contribution < -0.4 is 10.2 Å². The van der Waals surface area contributed by atoms with E-state index in [9.17, 15) is 4.79 Å². The van der Waals surface area contributed by atoms with Crippen LogP contribution in [-0.2, 0) is 4.74 Å². The van der Waals surface area contributed by atoms with Gasteiger partial charge in [0.1, 0.15) is 12.1 Å². The third kappa shape index (κ3) is 3.22. The number of fused-ring (bicyclic) bond motifs is 1. The average Bonchev–Trinajstić information content (AvgIpc) is 3.08. The maximum absolute atomic E-state index is 11.8. The summed E-state index contributed by atoms with van der Waals surface area (Å²) in [5.41, 5.74) is 4.48. The van der Waals surface area contributed by atoms with Crippen LogP contribution in [0.15, 0.2) is 53.3 Å². The highest BCUT2D eigenvalue weighted by molar-refractivity contribution is 9.10. The molecule has 2 aromatic heterocycles. The van der Waals surface area contributed by atoms with Gasteiger partial charge in [-0.15, -0.1) is 0 Å². The predicted molar refractivity (Wildman–Crippen MR) is 104 cm³/mol. The highest BCUT2D eigenvalue weighted by atomic mass is 79.9. The number of carbonyl (C=O) groups is 1. The van der Waals surface area contributed by atoms with E-state index in [-0.39, 0.29) is 12.1 Å². The zero-order valence-electron chi connectivity index (χ0n) is 14.1. The van der Waals surface area contributed by atoms with Crippen LogP contribution >= 0.6 is 15.9 Å². The van der Waals surface area contributed by atoms with Gasteiger partial charge < -0.3 is 10.1 Å². The minimum absolute atomic E-state index is 0.0321. The van der Waals surface area contributed by atoms with Crippen LogP contribution in [0.5, 0.6) is 0 Å². The van der Waals surface area contributed by atoms with Crippen molar-refractivity contribution in [2.45, 2.75) is 13.0 Å². The molecule has 4 rings (SSSR count). The average molecular weight is 413 g/mol. The monoisotopic (exact) mass is 412 g/mol. The van der Waals surface area contributed by atoms with Gasteiger partial charge in [-0.25, -0.2) is 4.79 Å². The van der Waals surface area contributed by atoms with E-state index < -0.39 is 0 Å². The maximum atomic E-state index is 11.8. The molecule has 1 aliphatic heterocycles. The van der Waals surface area contributed by atoms with Gasteiger partial charge in [0.15, 0.2) is 0 Å². The number of anilines is 2. The van der Waals surface area contributed by atoms with Crippen molar-refractivity contribution in [2.75, 3.05) is 23.4 Å². The molecule has 1 atom stereocenters. The number of hydrogen-bond donors (Lipinski definition) is 1. The number of nitrogens with zero attached hydrogens (tertiary/aromatic N) is 3. The molecular formula is C19H17BrN4O2. The van der Waals surface area contributed by atoms with Gasteiger partial charge in [-0.3, -0.25) is 14.9 Å². The number of rotatable bonds is 4. The van der Waals surface area contributed by atoms with Gasteiger partial charge in [-0.05, 0) is 52.7 Å². The summed E-state index contributed by atoms with van der Waals surface area (Å²) in [6, 6.07) is 11.8. The summed E-state index contributed by atoms with van der Waals surface area (Å²) < 4.78 is 5.92. The molecule has 3 aromatic rings. The summed E-state index contributed by atoms with van der Waals surface area (Å²) >= 11 is 3.42. The van der Waals surface area contributed by atoms with Crippen LogP contribution in [0.1, 0.15) is 18.5 Å². The van der Waals surface area contributed by atoms with Gasteiger partial charge in [0.25, 0.3) is 0 Å². The van der Waals surface area contributed by atoms with E-state index in [1.165, 1.54) is 0 Å². The Labute approximate surface area is 159 Å². The number of amides is 1. The largest absolute Gasteiger partial charge is 0.447 e. The van der Waals surface area contributed by atoms with Crippen molar-refractivity contribution in [3.05, 3.63) is 58.8 Å². The van der Waals surface area contributed by atoms with Crippen LogP contribution in [0, 0.1) is 0 Å². The molecule has 3 heterocycles. The number of ether oxygens (including phenoxy) is 1. The quantitative estimate of drug-likeness (QED) is 0.681. The van der Waals surface area contributed by atoms with E-state index >= 15 is 0 Å². The second-order valence-electron chi connectivity index (χ2n) is 6.11. The number of benzene rings is 1. The van der Waals surface area contributed by atoms with Crippen LogP contribution in [0.3, 0.4) is 0 Å². The molecule has 132 valence electrons. The lowest BCUT2D eigenvalue weighted by molar-refractivity contribution is 0.181. The Morgan fingerprint density at radius 3 is 2.96 bits per heavy atom. The first-order valence-corrected chi connectivity index (χ1v) is 9.12. The lowest BCUT2D eigenvalue weighted by Gasteiger charge is -2.19. The van der Waals surface area contributed by atoms with Crippen molar-refractivity contribution >= 4 is 44.4 Å². The molecule has 1 N–H and O–H groups in total. The molecule has 1 amide bonds. The Bertz CT molecular complexity index is 979. The van der Waals surface area contributed by atoms with Crippen molar-refractivity contribution in [1.82, 2.24) is 9.97 Å². The maximum Gasteiger partial charge on any atom is 0.414 e. The van der Waals surface area contributed by atoms with Crippen molar-refractivity contribution < 1.29 is 9.53 Å². The molecule has 1 aliphatic rings. The van der Waals surface area contributed by atoms with Crippen molar-refractivity contribution in [3.63, 3.8) is 0 Å². The lowest BCUT2D eigenvalue weighted by atomic mass is 10.1. The third-order valence-corrected chi connectivity index (χ3v) is 4.79. The molecule has 7 heteroatoms. The fourth-order valence-corrected chi connectivity index (χ4v) is 3.35. The van der Waals surface area contributed by atoms with E-state index in [0.717, 1.165) is 32.4 Å². The van der Waals surface area contributed by atoms with Gasteiger partial charge >= 0.3 is 6.09 Å². The van der Waals surface area contributed by atoms with Crippen molar-refractivity contribution in [1.29, 1.82) is 0 Å². The Balaban J connectivity index is 1.61. The molecule has 1 saturated heterocycles. The Hall–Kier alpha value is -2.67. The molecule has 0 spiro atoms. The molecular weight excluding hydrogens is 396 g/mol. The predicted octanol–water partition coefficient (Wildman–Crippen LogP) is 4.52. The van der Waals surface area contributed by atoms with E-state index in [1.54, 1.807) is 17.3 Å². The van der Waals surface area contributed by atoms with Crippen molar-refractivity contribution in [2.24, 2.45) is 0 Å². The van der Waals surface area contributed by atoms with Crippen LogP contribution in [0.2, 0.25) is 0 Å². The first kappa shape index (κ1) is 16.8. The minimum atomic E-state index is -0.294. The summed E-state index contributed by atoms with van der Waals surface area (Å²) in [4.78, 5) is 22.3. The molecule has 1 unspecified atom stereocenters. The SMILES string of the molecule is CC(Nc1ccnc2cc(Br)cnc12)c1cccc(N2CCOC2=O)c1. The van der Waals surface area contributed by atoms with Crippen LogP contribution in [-0.4, -0.2) is 29.2 Å². The van der Waals surface area contributed by atoms with E-state index in [1.807, 2.05) is 36.4 Å². The van der Waals surface area contributed by atoms with E-state index in [2.05, 4.69) is 38.1 Å².